The minimum Gasteiger partial charge on any atom is -0.339 e. The maximum absolute atomic E-state index is 13.2. The van der Waals surface area contributed by atoms with Crippen LogP contribution in [0.5, 0.6) is 0 Å². The number of likely N-dealkylation sites (tertiary alicyclic amines) is 1. The Balaban J connectivity index is 1.46. The lowest BCUT2D eigenvalue weighted by atomic mass is 10.00. The van der Waals surface area contributed by atoms with E-state index in [1.165, 1.54) is 18.6 Å². The summed E-state index contributed by atoms with van der Waals surface area (Å²) in [6, 6.07) is 5.01. The quantitative estimate of drug-likeness (QED) is 0.782. The molecule has 26 heavy (non-hydrogen) atoms. The number of rotatable bonds is 5. The number of hydrogen-bond acceptors (Lipinski definition) is 3. The fraction of sp³-hybridized carbons (Fsp3) is 0.650. The lowest BCUT2D eigenvalue weighted by Gasteiger charge is -2.39. The van der Waals surface area contributed by atoms with Crippen LogP contribution in [0.2, 0.25) is 5.02 Å². The van der Waals surface area contributed by atoms with Gasteiger partial charge < -0.3 is 4.90 Å². The highest BCUT2D eigenvalue weighted by Crippen LogP contribution is 2.21. The molecule has 0 bridgehead atoms. The van der Waals surface area contributed by atoms with Crippen molar-refractivity contribution in [2.45, 2.75) is 45.2 Å². The molecular formula is C20H29ClFN3O. The summed E-state index contributed by atoms with van der Waals surface area (Å²) in [5.41, 5.74) is 0.955. The van der Waals surface area contributed by atoms with Crippen molar-refractivity contribution in [3.63, 3.8) is 0 Å². The monoisotopic (exact) mass is 381 g/mol. The molecular weight excluding hydrogens is 353 g/mol. The van der Waals surface area contributed by atoms with E-state index in [9.17, 15) is 9.18 Å². The molecule has 0 radical (unpaired) electrons. The molecule has 1 aromatic rings. The van der Waals surface area contributed by atoms with E-state index in [0.29, 0.717) is 17.6 Å². The van der Waals surface area contributed by atoms with Gasteiger partial charge in [0, 0.05) is 50.3 Å². The number of hydrogen-bond donors (Lipinski definition) is 0. The molecule has 0 aliphatic carbocycles. The smallest absolute Gasteiger partial charge is 0.236 e. The Bertz CT molecular complexity index is 619. The predicted molar refractivity (Wildman–Crippen MR) is 103 cm³/mol. The predicted octanol–water partition coefficient (Wildman–Crippen LogP) is 3.39. The highest BCUT2D eigenvalue weighted by molar-refractivity contribution is 6.31. The van der Waals surface area contributed by atoms with Gasteiger partial charge >= 0.3 is 0 Å². The molecule has 1 aromatic carbocycles. The molecule has 2 aliphatic rings. The van der Waals surface area contributed by atoms with Crippen molar-refractivity contribution in [3.05, 3.63) is 34.6 Å². The number of nitrogens with zero attached hydrogens (tertiary/aromatic N) is 3. The standard InChI is InChI=1S/C20H29ClFN3O/c1-2-18-5-3-4-8-25(18)20(26)15-24-11-9-23(10-12-24)14-16-6-7-17(22)13-19(16)21/h6-7,13,18H,2-5,8-12,14-15H2,1H3. The van der Waals surface area contributed by atoms with Crippen molar-refractivity contribution >= 4 is 17.5 Å². The Morgan fingerprint density at radius 2 is 1.88 bits per heavy atom. The van der Waals surface area contributed by atoms with Gasteiger partial charge in [-0.3, -0.25) is 14.6 Å². The Labute approximate surface area is 160 Å². The molecule has 2 aliphatic heterocycles. The minimum atomic E-state index is -0.301. The van der Waals surface area contributed by atoms with E-state index in [-0.39, 0.29) is 11.7 Å². The lowest BCUT2D eigenvalue weighted by molar-refractivity contribution is -0.136. The van der Waals surface area contributed by atoms with E-state index in [1.807, 2.05) is 0 Å². The maximum atomic E-state index is 13.2. The third-order valence-electron chi connectivity index (χ3n) is 5.65. The van der Waals surface area contributed by atoms with Gasteiger partial charge in [0.05, 0.1) is 6.54 Å². The van der Waals surface area contributed by atoms with Gasteiger partial charge in [-0.2, -0.15) is 0 Å². The van der Waals surface area contributed by atoms with E-state index in [1.54, 1.807) is 6.07 Å². The van der Waals surface area contributed by atoms with Gasteiger partial charge in [-0.15, -0.1) is 0 Å². The van der Waals surface area contributed by atoms with Gasteiger partial charge in [-0.25, -0.2) is 4.39 Å². The van der Waals surface area contributed by atoms with Gasteiger partial charge in [0.15, 0.2) is 0 Å². The summed E-state index contributed by atoms with van der Waals surface area (Å²) in [6.07, 6.45) is 4.58. The van der Waals surface area contributed by atoms with Crippen molar-refractivity contribution in [1.29, 1.82) is 0 Å². The van der Waals surface area contributed by atoms with Crippen LogP contribution in [0.3, 0.4) is 0 Å². The van der Waals surface area contributed by atoms with Crippen molar-refractivity contribution in [3.8, 4) is 0 Å². The number of carbonyl (C=O) groups is 1. The fourth-order valence-electron chi connectivity index (χ4n) is 4.03. The Morgan fingerprint density at radius 1 is 1.15 bits per heavy atom. The van der Waals surface area contributed by atoms with Gasteiger partial charge in [0.25, 0.3) is 0 Å². The summed E-state index contributed by atoms with van der Waals surface area (Å²) in [5, 5.41) is 0.485. The zero-order valence-corrected chi connectivity index (χ0v) is 16.3. The molecule has 6 heteroatoms. The Kier molecular flexibility index (Phi) is 6.90. The first-order valence-corrected chi connectivity index (χ1v) is 10.1. The number of piperidine rings is 1. The molecule has 0 N–H and O–H groups in total. The van der Waals surface area contributed by atoms with Crippen LogP contribution in [-0.2, 0) is 11.3 Å². The fourth-order valence-corrected chi connectivity index (χ4v) is 4.26. The summed E-state index contributed by atoms with van der Waals surface area (Å²) in [5.74, 6) is -0.0169. The van der Waals surface area contributed by atoms with Crippen LogP contribution < -0.4 is 0 Å². The molecule has 1 unspecified atom stereocenters. The van der Waals surface area contributed by atoms with Crippen LogP contribution in [0.25, 0.3) is 0 Å². The summed E-state index contributed by atoms with van der Waals surface area (Å²) in [7, 11) is 0. The van der Waals surface area contributed by atoms with Crippen molar-refractivity contribution in [2.24, 2.45) is 0 Å². The SMILES string of the molecule is CCC1CCCCN1C(=O)CN1CCN(Cc2ccc(F)cc2Cl)CC1. The highest BCUT2D eigenvalue weighted by Gasteiger charge is 2.27. The molecule has 1 amide bonds. The summed E-state index contributed by atoms with van der Waals surface area (Å²) >= 11 is 6.13. The number of amides is 1. The molecule has 2 saturated heterocycles. The molecule has 3 rings (SSSR count). The number of benzene rings is 1. The van der Waals surface area contributed by atoms with Crippen LogP contribution in [0.1, 0.15) is 38.2 Å². The lowest BCUT2D eigenvalue weighted by Crippen LogP contribution is -2.52. The molecule has 2 heterocycles. The average Bonchev–Trinajstić information content (AvgIpc) is 2.65. The second kappa shape index (κ2) is 9.16. The van der Waals surface area contributed by atoms with Crippen LogP contribution in [0.15, 0.2) is 18.2 Å². The average molecular weight is 382 g/mol. The zero-order chi connectivity index (χ0) is 18.5. The van der Waals surface area contributed by atoms with Gasteiger partial charge in [-0.1, -0.05) is 24.6 Å². The van der Waals surface area contributed by atoms with Crippen molar-refractivity contribution in [2.75, 3.05) is 39.3 Å². The van der Waals surface area contributed by atoms with E-state index in [4.69, 9.17) is 11.6 Å². The topological polar surface area (TPSA) is 26.8 Å². The second-order valence-electron chi connectivity index (χ2n) is 7.43. The first-order chi connectivity index (χ1) is 12.6. The summed E-state index contributed by atoms with van der Waals surface area (Å²) in [6.45, 7) is 7.92. The van der Waals surface area contributed by atoms with Gasteiger partial charge in [-0.05, 0) is 43.4 Å². The molecule has 0 spiro atoms. The van der Waals surface area contributed by atoms with E-state index in [0.717, 1.165) is 64.1 Å². The van der Waals surface area contributed by atoms with E-state index < -0.39 is 0 Å². The zero-order valence-electron chi connectivity index (χ0n) is 15.6. The van der Waals surface area contributed by atoms with Crippen molar-refractivity contribution in [1.82, 2.24) is 14.7 Å². The Morgan fingerprint density at radius 3 is 2.58 bits per heavy atom. The van der Waals surface area contributed by atoms with Crippen LogP contribution in [0.4, 0.5) is 4.39 Å². The summed E-state index contributed by atoms with van der Waals surface area (Å²) in [4.78, 5) is 19.4. The number of halogens is 2. The van der Waals surface area contributed by atoms with Crippen LogP contribution in [-0.4, -0.2) is 65.9 Å². The van der Waals surface area contributed by atoms with Gasteiger partial charge in [0.2, 0.25) is 5.91 Å². The molecule has 4 nitrogen and oxygen atoms in total. The molecule has 2 fully saturated rings. The van der Waals surface area contributed by atoms with Gasteiger partial charge in [0.1, 0.15) is 5.82 Å². The first kappa shape index (κ1) is 19.6. The van der Waals surface area contributed by atoms with Crippen LogP contribution in [0, 0.1) is 5.82 Å². The normalized spacial score (nSPS) is 22.6. The van der Waals surface area contributed by atoms with E-state index >= 15 is 0 Å². The number of carbonyl (C=O) groups excluding carboxylic acids is 1. The van der Waals surface area contributed by atoms with E-state index in [2.05, 4.69) is 21.6 Å². The summed E-state index contributed by atoms with van der Waals surface area (Å²) < 4.78 is 13.2. The molecule has 0 aromatic heterocycles. The molecule has 144 valence electrons. The van der Waals surface area contributed by atoms with Crippen molar-refractivity contribution < 1.29 is 9.18 Å². The first-order valence-electron chi connectivity index (χ1n) is 9.75. The minimum absolute atomic E-state index is 0.284. The van der Waals surface area contributed by atoms with Crippen LogP contribution >= 0.6 is 11.6 Å². The maximum Gasteiger partial charge on any atom is 0.236 e. The molecule has 1 atom stereocenters. The molecule has 0 saturated carbocycles. The number of piperazine rings is 1. The third-order valence-corrected chi connectivity index (χ3v) is 6.00. The largest absolute Gasteiger partial charge is 0.339 e. The third kappa shape index (κ3) is 4.96. The second-order valence-corrected chi connectivity index (χ2v) is 7.84. The highest BCUT2D eigenvalue weighted by atomic mass is 35.5. The Hall–Kier alpha value is -1.17.